The van der Waals surface area contributed by atoms with Crippen molar-refractivity contribution in [2.45, 2.75) is 57.6 Å². The summed E-state index contributed by atoms with van der Waals surface area (Å²) in [6.45, 7) is 0.258. The van der Waals surface area contributed by atoms with Crippen molar-refractivity contribution in [1.29, 1.82) is 0 Å². The number of nitrogens with zero attached hydrogens (tertiary/aromatic N) is 2. The Kier molecular flexibility index (Phi) is 11.0. The van der Waals surface area contributed by atoms with Crippen LogP contribution in [0.25, 0.3) is 0 Å². The van der Waals surface area contributed by atoms with Crippen LogP contribution in [-0.4, -0.2) is 27.9 Å². The molecule has 4 rings (SSSR count). The molecule has 4 aromatic rings. The molecule has 2 aromatic carbocycles. The van der Waals surface area contributed by atoms with Gasteiger partial charge in [-0.05, 0) is 49.1 Å². The summed E-state index contributed by atoms with van der Waals surface area (Å²) in [4.78, 5) is 35.8. The number of rotatable bonds is 15. The van der Waals surface area contributed by atoms with Gasteiger partial charge in [0.1, 0.15) is 6.61 Å². The maximum Gasteiger partial charge on any atom is 0.306 e. The summed E-state index contributed by atoms with van der Waals surface area (Å²) in [6, 6.07) is 20.5. The smallest absolute Gasteiger partial charge is 0.306 e. The van der Waals surface area contributed by atoms with Crippen molar-refractivity contribution in [3.8, 4) is 0 Å². The molecular formula is C30H33N3O3S2. The van der Waals surface area contributed by atoms with E-state index in [9.17, 15) is 9.59 Å². The lowest BCUT2D eigenvalue weighted by atomic mass is 9.89. The highest BCUT2D eigenvalue weighted by Gasteiger charge is 2.20. The maximum atomic E-state index is 12.8. The maximum absolute atomic E-state index is 12.8. The lowest BCUT2D eigenvalue weighted by molar-refractivity contribution is -0.146. The molecular weight excluding hydrogens is 514 g/mol. The van der Waals surface area contributed by atoms with E-state index >= 15 is 0 Å². The minimum atomic E-state index is -0.201. The van der Waals surface area contributed by atoms with Crippen LogP contribution in [-0.2, 0) is 40.2 Å². The van der Waals surface area contributed by atoms with Gasteiger partial charge < -0.3 is 10.1 Å². The van der Waals surface area contributed by atoms with Gasteiger partial charge in [-0.3, -0.25) is 19.6 Å². The van der Waals surface area contributed by atoms with Gasteiger partial charge in [-0.2, -0.15) is 0 Å². The summed E-state index contributed by atoms with van der Waals surface area (Å²) in [5, 5.41) is 3.27. The molecule has 38 heavy (non-hydrogen) atoms. The summed E-state index contributed by atoms with van der Waals surface area (Å²) in [5.74, 6) is -0.0471. The normalized spacial score (nSPS) is 12.5. The third-order valence-corrected chi connectivity index (χ3v) is 7.97. The molecule has 0 spiro atoms. The molecule has 198 valence electrons. The van der Waals surface area contributed by atoms with Gasteiger partial charge in [0.2, 0.25) is 5.91 Å². The summed E-state index contributed by atoms with van der Waals surface area (Å²) in [5.41, 5.74) is 5.91. The third kappa shape index (κ3) is 9.84. The number of aryl methyl sites for hydroxylation is 1. The van der Waals surface area contributed by atoms with E-state index in [-0.39, 0.29) is 30.4 Å². The predicted molar refractivity (Wildman–Crippen MR) is 152 cm³/mol. The van der Waals surface area contributed by atoms with E-state index in [1.54, 1.807) is 28.6 Å². The van der Waals surface area contributed by atoms with Crippen molar-refractivity contribution < 1.29 is 14.3 Å². The van der Waals surface area contributed by atoms with E-state index in [1.807, 2.05) is 42.6 Å². The first-order valence-electron chi connectivity index (χ1n) is 12.9. The van der Waals surface area contributed by atoms with Crippen LogP contribution in [0.15, 0.2) is 84.1 Å². The number of esters is 1. The number of amides is 1. The van der Waals surface area contributed by atoms with E-state index in [2.05, 4.69) is 39.6 Å². The quantitative estimate of drug-likeness (QED) is 0.184. The Bertz CT molecular complexity index is 1120. The number of hydrogen-bond donors (Lipinski definition) is 1. The van der Waals surface area contributed by atoms with Crippen molar-refractivity contribution in [2.24, 2.45) is 5.92 Å². The lowest BCUT2D eigenvalue weighted by Gasteiger charge is -2.23. The zero-order chi connectivity index (χ0) is 26.4. The molecule has 0 saturated carbocycles. The van der Waals surface area contributed by atoms with Crippen LogP contribution in [0.3, 0.4) is 0 Å². The van der Waals surface area contributed by atoms with Gasteiger partial charge in [0, 0.05) is 36.2 Å². The average Bonchev–Trinajstić information content (AvgIpc) is 3.65. The van der Waals surface area contributed by atoms with Gasteiger partial charge in [-0.1, -0.05) is 60.7 Å². The topological polar surface area (TPSA) is 81.2 Å². The number of hydrogen-bond acceptors (Lipinski definition) is 7. The molecule has 0 fully saturated rings. The zero-order valence-corrected chi connectivity index (χ0v) is 23.0. The zero-order valence-electron chi connectivity index (χ0n) is 21.3. The van der Waals surface area contributed by atoms with Crippen molar-refractivity contribution >= 4 is 34.6 Å². The van der Waals surface area contributed by atoms with E-state index in [0.29, 0.717) is 19.3 Å². The summed E-state index contributed by atoms with van der Waals surface area (Å²) in [6.07, 6.45) is 8.13. The van der Waals surface area contributed by atoms with Crippen LogP contribution in [0.1, 0.15) is 46.6 Å². The molecule has 6 nitrogen and oxygen atoms in total. The van der Waals surface area contributed by atoms with Gasteiger partial charge in [0.05, 0.1) is 15.9 Å². The van der Waals surface area contributed by atoms with Gasteiger partial charge in [0.15, 0.2) is 0 Å². The Morgan fingerprint density at radius 1 is 0.816 bits per heavy atom. The van der Waals surface area contributed by atoms with Crippen molar-refractivity contribution in [3.63, 3.8) is 0 Å². The molecule has 1 N–H and O–H groups in total. The molecule has 2 atom stereocenters. The number of carbonyl (C=O) groups is 2. The monoisotopic (exact) mass is 547 g/mol. The molecule has 2 heterocycles. The first-order valence-corrected chi connectivity index (χ1v) is 14.7. The Morgan fingerprint density at radius 2 is 1.45 bits per heavy atom. The Morgan fingerprint density at radius 3 is 2.08 bits per heavy atom. The molecule has 0 aliphatic carbocycles. The third-order valence-electron chi connectivity index (χ3n) is 6.38. The minimum absolute atomic E-state index is 0.0159. The molecule has 2 aromatic heterocycles. The molecule has 0 unspecified atom stereocenters. The molecule has 0 bridgehead atoms. The Balaban J connectivity index is 1.38. The Hall–Kier alpha value is -3.36. The van der Waals surface area contributed by atoms with Crippen molar-refractivity contribution in [3.05, 3.63) is 105 Å². The summed E-state index contributed by atoms with van der Waals surface area (Å²) >= 11 is 3.05. The fraction of sp³-hybridized carbons (Fsp3) is 0.333. The number of benzene rings is 2. The second-order valence-electron chi connectivity index (χ2n) is 9.39. The van der Waals surface area contributed by atoms with Crippen LogP contribution >= 0.6 is 22.7 Å². The highest BCUT2D eigenvalue weighted by molar-refractivity contribution is 7.09. The van der Waals surface area contributed by atoms with Gasteiger partial charge in [-0.15, -0.1) is 22.7 Å². The number of thiazole rings is 2. The van der Waals surface area contributed by atoms with Gasteiger partial charge >= 0.3 is 5.97 Å². The molecule has 0 aliphatic rings. The predicted octanol–water partition coefficient (Wildman–Crippen LogP) is 6.03. The number of ether oxygens (including phenoxy) is 1. The average molecular weight is 548 g/mol. The van der Waals surface area contributed by atoms with E-state index in [4.69, 9.17) is 4.74 Å². The molecule has 0 radical (unpaired) electrons. The fourth-order valence-corrected chi connectivity index (χ4v) is 5.55. The van der Waals surface area contributed by atoms with Crippen molar-refractivity contribution in [1.82, 2.24) is 15.3 Å². The first kappa shape index (κ1) is 27.7. The molecule has 1 amide bonds. The number of carbonyl (C=O) groups excluding carboxylic acids is 2. The molecule has 8 heteroatoms. The number of nitrogens with one attached hydrogen (secondary N) is 1. The summed E-state index contributed by atoms with van der Waals surface area (Å²) in [7, 11) is 0. The van der Waals surface area contributed by atoms with E-state index in [0.717, 1.165) is 35.4 Å². The second kappa shape index (κ2) is 15.1. The van der Waals surface area contributed by atoms with Crippen LogP contribution in [0.4, 0.5) is 0 Å². The van der Waals surface area contributed by atoms with Crippen LogP contribution in [0, 0.1) is 5.92 Å². The molecule has 0 aliphatic heterocycles. The highest BCUT2D eigenvalue weighted by Crippen LogP contribution is 2.22. The lowest BCUT2D eigenvalue weighted by Crippen LogP contribution is -2.37. The molecule has 0 saturated heterocycles. The van der Waals surface area contributed by atoms with Gasteiger partial charge in [-0.25, -0.2) is 0 Å². The standard InChI is InChI=1S/C30H33N3O3S2/c34-29(14-13-27-18-31-21-37-27)33-26(16-24-9-5-2-6-10-24)12-11-25(15-23-7-3-1-4-8-23)17-30(35)36-20-28-19-32-22-38-28/h1-10,18-19,21-22,25-26H,11-17,20H2,(H,33,34)/t25-,26+/m1/s1. The van der Waals surface area contributed by atoms with Crippen LogP contribution in [0.2, 0.25) is 0 Å². The Labute approximate surface area is 232 Å². The van der Waals surface area contributed by atoms with E-state index < -0.39 is 0 Å². The number of aromatic nitrogens is 2. The largest absolute Gasteiger partial charge is 0.460 e. The SMILES string of the molecule is O=C(CCc1cncs1)N[C@@H](CC[C@@H](CC(=O)OCc1cncs1)Cc1ccccc1)Cc1ccccc1. The van der Waals surface area contributed by atoms with E-state index in [1.165, 1.54) is 22.5 Å². The van der Waals surface area contributed by atoms with Gasteiger partial charge in [0.25, 0.3) is 0 Å². The second-order valence-corrected chi connectivity index (χ2v) is 11.3. The summed E-state index contributed by atoms with van der Waals surface area (Å²) < 4.78 is 5.55. The van der Waals surface area contributed by atoms with Crippen LogP contribution in [0.5, 0.6) is 0 Å². The minimum Gasteiger partial charge on any atom is -0.460 e. The highest BCUT2D eigenvalue weighted by atomic mass is 32.1. The van der Waals surface area contributed by atoms with Crippen LogP contribution < -0.4 is 5.32 Å². The first-order chi connectivity index (χ1) is 18.6. The fourth-order valence-electron chi connectivity index (χ4n) is 4.45. The van der Waals surface area contributed by atoms with Crippen molar-refractivity contribution in [2.75, 3.05) is 0 Å².